The third kappa shape index (κ3) is 3.18. The molecule has 1 heterocycles. The summed E-state index contributed by atoms with van der Waals surface area (Å²) in [6.07, 6.45) is 3.41. The van der Waals surface area contributed by atoms with Gasteiger partial charge in [0.1, 0.15) is 5.69 Å². The van der Waals surface area contributed by atoms with Gasteiger partial charge >= 0.3 is 0 Å². The first-order valence-electron chi connectivity index (χ1n) is 5.76. The molecule has 0 radical (unpaired) electrons. The molecule has 7 heteroatoms. The van der Waals surface area contributed by atoms with Crippen molar-refractivity contribution < 1.29 is 4.92 Å². The van der Waals surface area contributed by atoms with Crippen LogP contribution in [-0.2, 0) is 6.54 Å². The fraction of sp³-hybridized carbons (Fsp3) is 0.154. The molecule has 0 aliphatic carbocycles. The van der Waals surface area contributed by atoms with E-state index < -0.39 is 4.92 Å². The Labute approximate surface area is 125 Å². The number of nitro groups is 1. The van der Waals surface area contributed by atoms with Crippen LogP contribution in [0.1, 0.15) is 11.1 Å². The number of benzene rings is 1. The topological polar surface area (TPSA) is 68.1 Å². The van der Waals surface area contributed by atoms with E-state index >= 15 is 0 Å². The van der Waals surface area contributed by atoms with Gasteiger partial charge in [0.15, 0.2) is 0 Å². The standard InChI is InChI=1S/C13H11Cl2N3O2/c1-8-2-3-16-6-9(8)7-17-12-4-10(14)11(15)5-13(12)18(19)20/h2-6,17H,7H2,1H3. The number of rotatable bonds is 4. The average molecular weight is 312 g/mol. The van der Waals surface area contributed by atoms with Gasteiger partial charge in [0, 0.05) is 25.0 Å². The molecule has 0 unspecified atom stereocenters. The summed E-state index contributed by atoms with van der Waals surface area (Å²) in [5.41, 5.74) is 2.22. The fourth-order valence-electron chi connectivity index (χ4n) is 1.70. The van der Waals surface area contributed by atoms with Gasteiger partial charge in [-0.3, -0.25) is 15.1 Å². The number of aromatic nitrogens is 1. The molecular formula is C13H11Cl2N3O2. The Bertz CT molecular complexity index is 662. The number of hydrogen-bond acceptors (Lipinski definition) is 4. The highest BCUT2D eigenvalue weighted by Gasteiger charge is 2.16. The van der Waals surface area contributed by atoms with Gasteiger partial charge in [-0.2, -0.15) is 0 Å². The van der Waals surface area contributed by atoms with Crippen LogP contribution in [0.2, 0.25) is 10.0 Å². The third-order valence-electron chi connectivity index (χ3n) is 2.85. The SMILES string of the molecule is Cc1ccncc1CNc1cc(Cl)c(Cl)cc1[N+](=O)[O-]. The summed E-state index contributed by atoms with van der Waals surface area (Å²) in [6, 6.07) is 4.57. The molecule has 1 aromatic heterocycles. The summed E-state index contributed by atoms with van der Waals surface area (Å²) >= 11 is 11.7. The maximum atomic E-state index is 11.0. The van der Waals surface area contributed by atoms with Crippen molar-refractivity contribution in [3.05, 3.63) is 61.9 Å². The van der Waals surface area contributed by atoms with Gasteiger partial charge in [0.05, 0.1) is 15.0 Å². The quantitative estimate of drug-likeness (QED) is 0.678. The largest absolute Gasteiger partial charge is 0.375 e. The Morgan fingerprint density at radius 2 is 2.05 bits per heavy atom. The average Bonchev–Trinajstić information content (AvgIpc) is 2.41. The molecule has 2 rings (SSSR count). The number of nitro benzene ring substituents is 1. The lowest BCUT2D eigenvalue weighted by Gasteiger charge is -2.10. The highest BCUT2D eigenvalue weighted by molar-refractivity contribution is 6.42. The van der Waals surface area contributed by atoms with Crippen LogP contribution in [0.15, 0.2) is 30.6 Å². The van der Waals surface area contributed by atoms with Crippen molar-refractivity contribution >= 4 is 34.6 Å². The molecule has 20 heavy (non-hydrogen) atoms. The van der Waals surface area contributed by atoms with E-state index in [1.807, 2.05) is 13.0 Å². The van der Waals surface area contributed by atoms with Gasteiger partial charge in [-0.25, -0.2) is 0 Å². The minimum atomic E-state index is -0.499. The lowest BCUT2D eigenvalue weighted by Crippen LogP contribution is -2.04. The summed E-state index contributed by atoms with van der Waals surface area (Å²) in [6.45, 7) is 2.36. The van der Waals surface area contributed by atoms with Gasteiger partial charge < -0.3 is 5.32 Å². The highest BCUT2D eigenvalue weighted by Crippen LogP contribution is 2.34. The molecule has 1 N–H and O–H groups in total. The minimum absolute atomic E-state index is 0.110. The van der Waals surface area contributed by atoms with Gasteiger partial charge in [-0.1, -0.05) is 23.2 Å². The molecule has 1 aromatic carbocycles. The Hall–Kier alpha value is -1.85. The van der Waals surface area contributed by atoms with Crippen LogP contribution >= 0.6 is 23.2 Å². The summed E-state index contributed by atoms with van der Waals surface area (Å²) in [5.74, 6) is 0. The monoisotopic (exact) mass is 311 g/mol. The van der Waals surface area contributed by atoms with Crippen LogP contribution in [-0.4, -0.2) is 9.91 Å². The summed E-state index contributed by atoms with van der Waals surface area (Å²) < 4.78 is 0. The van der Waals surface area contributed by atoms with Crippen LogP contribution in [0, 0.1) is 17.0 Å². The fourth-order valence-corrected chi connectivity index (χ4v) is 2.02. The zero-order chi connectivity index (χ0) is 14.7. The van der Waals surface area contributed by atoms with Crippen LogP contribution < -0.4 is 5.32 Å². The van der Waals surface area contributed by atoms with Gasteiger partial charge in [0.25, 0.3) is 5.69 Å². The van der Waals surface area contributed by atoms with E-state index in [0.717, 1.165) is 11.1 Å². The predicted octanol–water partition coefficient (Wildman–Crippen LogP) is 4.22. The van der Waals surface area contributed by atoms with E-state index in [1.165, 1.54) is 12.1 Å². The predicted molar refractivity (Wildman–Crippen MR) is 79.4 cm³/mol. The lowest BCUT2D eigenvalue weighted by atomic mass is 10.1. The molecule has 0 atom stereocenters. The van der Waals surface area contributed by atoms with Crippen molar-refractivity contribution in [1.29, 1.82) is 0 Å². The summed E-state index contributed by atoms with van der Waals surface area (Å²) in [4.78, 5) is 14.5. The van der Waals surface area contributed by atoms with Crippen molar-refractivity contribution in [1.82, 2.24) is 4.98 Å². The lowest BCUT2D eigenvalue weighted by molar-refractivity contribution is -0.383. The number of nitrogens with zero attached hydrogens (tertiary/aromatic N) is 2. The molecule has 5 nitrogen and oxygen atoms in total. The second-order valence-electron chi connectivity index (χ2n) is 4.20. The number of pyridine rings is 1. The van der Waals surface area contributed by atoms with E-state index in [9.17, 15) is 10.1 Å². The number of halogens is 2. The third-order valence-corrected chi connectivity index (χ3v) is 3.57. The van der Waals surface area contributed by atoms with Crippen LogP contribution in [0.3, 0.4) is 0 Å². The second-order valence-corrected chi connectivity index (χ2v) is 5.01. The molecule has 104 valence electrons. The molecule has 0 aliphatic rings. The van der Waals surface area contributed by atoms with Crippen molar-refractivity contribution in [3.63, 3.8) is 0 Å². The van der Waals surface area contributed by atoms with Gasteiger partial charge in [-0.15, -0.1) is 0 Å². The van der Waals surface area contributed by atoms with E-state index in [2.05, 4.69) is 10.3 Å². The first kappa shape index (κ1) is 14.6. The maximum Gasteiger partial charge on any atom is 0.293 e. The van der Waals surface area contributed by atoms with Crippen molar-refractivity contribution in [2.45, 2.75) is 13.5 Å². The van der Waals surface area contributed by atoms with Crippen molar-refractivity contribution in [2.24, 2.45) is 0 Å². The van der Waals surface area contributed by atoms with E-state index in [4.69, 9.17) is 23.2 Å². The van der Waals surface area contributed by atoms with Crippen LogP contribution in [0.5, 0.6) is 0 Å². The molecule has 0 bridgehead atoms. The molecule has 0 fully saturated rings. The smallest absolute Gasteiger partial charge is 0.293 e. The highest BCUT2D eigenvalue weighted by atomic mass is 35.5. The van der Waals surface area contributed by atoms with E-state index in [0.29, 0.717) is 12.2 Å². The van der Waals surface area contributed by atoms with Gasteiger partial charge in [-0.05, 0) is 30.2 Å². The maximum absolute atomic E-state index is 11.0. The van der Waals surface area contributed by atoms with E-state index in [-0.39, 0.29) is 15.7 Å². The number of hydrogen-bond donors (Lipinski definition) is 1. The molecule has 0 amide bonds. The zero-order valence-electron chi connectivity index (χ0n) is 10.6. The van der Waals surface area contributed by atoms with E-state index in [1.54, 1.807) is 12.4 Å². The van der Waals surface area contributed by atoms with Crippen LogP contribution in [0.25, 0.3) is 0 Å². The molecule has 0 saturated carbocycles. The van der Waals surface area contributed by atoms with Crippen LogP contribution in [0.4, 0.5) is 11.4 Å². The molecule has 0 spiro atoms. The number of anilines is 1. The number of aryl methyl sites for hydroxylation is 1. The Balaban J connectivity index is 2.27. The first-order chi connectivity index (χ1) is 9.49. The summed E-state index contributed by atoms with van der Waals surface area (Å²) in [7, 11) is 0. The Kier molecular flexibility index (Phi) is 4.42. The zero-order valence-corrected chi connectivity index (χ0v) is 12.1. The Morgan fingerprint density at radius 1 is 1.35 bits per heavy atom. The van der Waals surface area contributed by atoms with Crippen molar-refractivity contribution in [2.75, 3.05) is 5.32 Å². The van der Waals surface area contributed by atoms with Gasteiger partial charge in [0.2, 0.25) is 0 Å². The summed E-state index contributed by atoms with van der Waals surface area (Å²) in [5, 5.41) is 14.4. The first-order valence-corrected chi connectivity index (χ1v) is 6.51. The normalized spacial score (nSPS) is 10.3. The molecular weight excluding hydrogens is 301 g/mol. The minimum Gasteiger partial charge on any atom is -0.375 e. The Morgan fingerprint density at radius 3 is 2.70 bits per heavy atom. The molecule has 0 saturated heterocycles. The van der Waals surface area contributed by atoms with Crippen molar-refractivity contribution in [3.8, 4) is 0 Å². The number of nitrogens with one attached hydrogen (secondary N) is 1. The second kappa shape index (κ2) is 6.07. The molecule has 2 aromatic rings. The molecule has 0 aliphatic heterocycles.